The van der Waals surface area contributed by atoms with E-state index in [0.29, 0.717) is 6.10 Å². The SMILES string of the molecule is C[C@H]1CCSCCN1C[C@@H]1CCCO1. The van der Waals surface area contributed by atoms with Crippen LogP contribution in [0.4, 0.5) is 0 Å². The van der Waals surface area contributed by atoms with Gasteiger partial charge in [0.05, 0.1) is 6.10 Å². The Kier molecular flexibility index (Phi) is 4.14. The van der Waals surface area contributed by atoms with Crippen LogP contribution in [0.3, 0.4) is 0 Å². The van der Waals surface area contributed by atoms with Gasteiger partial charge in [-0.15, -0.1) is 0 Å². The Hall–Kier alpha value is 0.270. The van der Waals surface area contributed by atoms with E-state index < -0.39 is 0 Å². The number of thioether (sulfide) groups is 1. The Morgan fingerprint density at radius 1 is 1.36 bits per heavy atom. The number of ether oxygens (including phenoxy) is 1. The van der Waals surface area contributed by atoms with Crippen LogP contribution >= 0.6 is 11.8 Å². The zero-order valence-corrected chi connectivity index (χ0v) is 9.89. The maximum atomic E-state index is 5.70. The molecule has 2 saturated heterocycles. The Morgan fingerprint density at radius 3 is 3.07 bits per heavy atom. The standard InChI is InChI=1S/C11H21NOS/c1-10-4-7-14-8-5-12(10)9-11-3-2-6-13-11/h10-11H,2-9H2,1H3/t10-,11-/m0/s1. The maximum Gasteiger partial charge on any atom is 0.0702 e. The molecule has 2 heterocycles. The fourth-order valence-electron chi connectivity index (χ4n) is 2.26. The summed E-state index contributed by atoms with van der Waals surface area (Å²) in [5.74, 6) is 2.64. The molecule has 0 bridgehead atoms. The van der Waals surface area contributed by atoms with E-state index in [1.165, 1.54) is 43.9 Å². The number of rotatable bonds is 2. The van der Waals surface area contributed by atoms with E-state index >= 15 is 0 Å². The number of hydrogen-bond acceptors (Lipinski definition) is 3. The van der Waals surface area contributed by atoms with Gasteiger partial charge in [-0.25, -0.2) is 0 Å². The van der Waals surface area contributed by atoms with Crippen LogP contribution in [0.15, 0.2) is 0 Å². The summed E-state index contributed by atoms with van der Waals surface area (Å²) in [6.07, 6.45) is 4.41. The Morgan fingerprint density at radius 2 is 2.29 bits per heavy atom. The van der Waals surface area contributed by atoms with E-state index in [1.54, 1.807) is 0 Å². The molecule has 2 aliphatic rings. The molecule has 0 aromatic rings. The summed E-state index contributed by atoms with van der Waals surface area (Å²) in [4.78, 5) is 2.62. The van der Waals surface area contributed by atoms with Crippen molar-refractivity contribution < 1.29 is 4.74 Å². The highest BCUT2D eigenvalue weighted by Gasteiger charge is 2.23. The van der Waals surface area contributed by atoms with Gasteiger partial charge in [0.25, 0.3) is 0 Å². The summed E-state index contributed by atoms with van der Waals surface area (Å²) in [6, 6.07) is 0.759. The van der Waals surface area contributed by atoms with Gasteiger partial charge in [0.1, 0.15) is 0 Å². The smallest absolute Gasteiger partial charge is 0.0702 e. The van der Waals surface area contributed by atoms with Gasteiger partial charge in [-0.3, -0.25) is 4.90 Å². The summed E-state index contributed by atoms with van der Waals surface area (Å²) in [6.45, 7) is 5.77. The van der Waals surface area contributed by atoms with Gasteiger partial charge in [-0.1, -0.05) is 0 Å². The molecule has 0 N–H and O–H groups in total. The van der Waals surface area contributed by atoms with Gasteiger partial charge in [-0.2, -0.15) is 11.8 Å². The molecule has 2 nitrogen and oxygen atoms in total. The molecule has 0 aliphatic carbocycles. The summed E-state index contributed by atoms with van der Waals surface area (Å²) in [5.41, 5.74) is 0. The lowest BCUT2D eigenvalue weighted by Crippen LogP contribution is -2.39. The molecule has 3 heteroatoms. The van der Waals surface area contributed by atoms with Gasteiger partial charge in [0, 0.05) is 31.5 Å². The molecule has 0 spiro atoms. The predicted molar refractivity (Wildman–Crippen MR) is 62.0 cm³/mol. The first-order valence-corrected chi connectivity index (χ1v) is 6.95. The molecule has 2 rings (SSSR count). The summed E-state index contributed by atoms with van der Waals surface area (Å²) >= 11 is 2.10. The van der Waals surface area contributed by atoms with Crippen molar-refractivity contribution in [2.75, 3.05) is 31.2 Å². The summed E-state index contributed by atoms with van der Waals surface area (Å²) < 4.78 is 5.70. The summed E-state index contributed by atoms with van der Waals surface area (Å²) in [5, 5.41) is 0. The molecule has 2 fully saturated rings. The predicted octanol–water partition coefficient (Wildman–Crippen LogP) is 1.99. The van der Waals surface area contributed by atoms with Crippen molar-refractivity contribution >= 4 is 11.8 Å². The highest BCUT2D eigenvalue weighted by atomic mass is 32.2. The maximum absolute atomic E-state index is 5.70. The van der Waals surface area contributed by atoms with Crippen molar-refractivity contribution in [3.8, 4) is 0 Å². The first kappa shape index (κ1) is 10.8. The third-order valence-electron chi connectivity index (χ3n) is 3.29. The lowest BCUT2D eigenvalue weighted by molar-refractivity contribution is 0.0626. The topological polar surface area (TPSA) is 12.5 Å². The van der Waals surface area contributed by atoms with Crippen LogP contribution in [-0.4, -0.2) is 48.2 Å². The quantitative estimate of drug-likeness (QED) is 0.699. The highest BCUT2D eigenvalue weighted by Crippen LogP contribution is 2.19. The Bertz CT molecular complexity index is 171. The number of nitrogens with zero attached hydrogens (tertiary/aromatic N) is 1. The van der Waals surface area contributed by atoms with Crippen LogP contribution in [-0.2, 0) is 4.74 Å². The van der Waals surface area contributed by atoms with E-state index in [4.69, 9.17) is 4.74 Å². The highest BCUT2D eigenvalue weighted by molar-refractivity contribution is 7.99. The fraction of sp³-hybridized carbons (Fsp3) is 1.00. The van der Waals surface area contributed by atoms with E-state index in [-0.39, 0.29) is 0 Å². The minimum absolute atomic E-state index is 0.528. The first-order chi connectivity index (χ1) is 6.86. The van der Waals surface area contributed by atoms with E-state index in [2.05, 4.69) is 23.6 Å². The van der Waals surface area contributed by atoms with Crippen LogP contribution in [0.2, 0.25) is 0 Å². The molecule has 0 saturated carbocycles. The molecule has 0 aromatic carbocycles. The molecule has 2 aliphatic heterocycles. The lowest BCUT2D eigenvalue weighted by Gasteiger charge is -2.28. The van der Waals surface area contributed by atoms with Crippen LogP contribution in [0.25, 0.3) is 0 Å². The minimum Gasteiger partial charge on any atom is -0.377 e. The molecule has 0 amide bonds. The van der Waals surface area contributed by atoms with Crippen molar-refractivity contribution in [2.24, 2.45) is 0 Å². The van der Waals surface area contributed by atoms with Gasteiger partial charge in [0.15, 0.2) is 0 Å². The zero-order chi connectivity index (χ0) is 9.80. The van der Waals surface area contributed by atoms with Gasteiger partial charge >= 0.3 is 0 Å². The van der Waals surface area contributed by atoms with Gasteiger partial charge < -0.3 is 4.74 Å². The number of hydrogen-bond donors (Lipinski definition) is 0. The molecule has 2 atom stereocenters. The molecular formula is C11H21NOS. The molecular weight excluding hydrogens is 194 g/mol. The van der Waals surface area contributed by atoms with Crippen LogP contribution in [0.1, 0.15) is 26.2 Å². The van der Waals surface area contributed by atoms with E-state index in [1.807, 2.05) is 0 Å². The molecule has 0 unspecified atom stereocenters. The third kappa shape index (κ3) is 2.88. The molecule has 0 aromatic heterocycles. The minimum atomic E-state index is 0.528. The van der Waals surface area contributed by atoms with Crippen molar-refractivity contribution in [1.82, 2.24) is 4.90 Å². The van der Waals surface area contributed by atoms with Crippen molar-refractivity contribution in [1.29, 1.82) is 0 Å². The van der Waals surface area contributed by atoms with Crippen LogP contribution in [0, 0.1) is 0 Å². The second-order valence-electron chi connectivity index (χ2n) is 4.38. The van der Waals surface area contributed by atoms with Crippen molar-refractivity contribution in [3.63, 3.8) is 0 Å². The van der Waals surface area contributed by atoms with E-state index in [0.717, 1.165) is 12.6 Å². The van der Waals surface area contributed by atoms with Gasteiger partial charge in [-0.05, 0) is 31.9 Å². The second-order valence-corrected chi connectivity index (χ2v) is 5.60. The third-order valence-corrected chi connectivity index (χ3v) is 4.28. The van der Waals surface area contributed by atoms with Crippen LogP contribution in [0.5, 0.6) is 0 Å². The largest absolute Gasteiger partial charge is 0.377 e. The second kappa shape index (κ2) is 5.38. The van der Waals surface area contributed by atoms with Crippen LogP contribution < -0.4 is 0 Å². The molecule has 82 valence electrons. The van der Waals surface area contributed by atoms with E-state index in [9.17, 15) is 0 Å². The van der Waals surface area contributed by atoms with Crippen molar-refractivity contribution in [3.05, 3.63) is 0 Å². The lowest BCUT2D eigenvalue weighted by atomic mass is 10.1. The Labute approximate surface area is 91.4 Å². The molecule has 14 heavy (non-hydrogen) atoms. The molecule has 0 radical (unpaired) electrons. The average Bonchev–Trinajstić information content (AvgIpc) is 2.60. The van der Waals surface area contributed by atoms with Gasteiger partial charge in [0.2, 0.25) is 0 Å². The first-order valence-electron chi connectivity index (χ1n) is 5.79. The normalized spacial score (nSPS) is 35.8. The van der Waals surface area contributed by atoms with Crippen molar-refractivity contribution in [2.45, 2.75) is 38.3 Å². The Balaban J connectivity index is 1.81. The zero-order valence-electron chi connectivity index (χ0n) is 9.08. The summed E-state index contributed by atoms with van der Waals surface area (Å²) in [7, 11) is 0. The fourth-order valence-corrected chi connectivity index (χ4v) is 3.34. The average molecular weight is 215 g/mol. The monoisotopic (exact) mass is 215 g/mol.